The van der Waals surface area contributed by atoms with Gasteiger partial charge in [0.1, 0.15) is 10.7 Å². The maximum absolute atomic E-state index is 14.0. The van der Waals surface area contributed by atoms with Gasteiger partial charge in [-0.15, -0.1) is 0 Å². The molecule has 0 saturated carbocycles. The molecule has 4 rings (SSSR count). The third-order valence-electron chi connectivity index (χ3n) is 4.46. The smallest absolute Gasteiger partial charge is 0.265 e. The van der Waals surface area contributed by atoms with Gasteiger partial charge in [-0.05, 0) is 26.0 Å². The quantitative estimate of drug-likeness (QED) is 0.396. The van der Waals surface area contributed by atoms with Crippen molar-refractivity contribution in [3.8, 4) is 11.1 Å². The number of rotatable bonds is 4. The summed E-state index contributed by atoms with van der Waals surface area (Å²) in [7, 11) is -4.34. The molecule has 3 heterocycles. The predicted octanol–water partition coefficient (Wildman–Crippen LogP) is 5.22. The number of pyridine rings is 1. The summed E-state index contributed by atoms with van der Waals surface area (Å²) >= 11 is 11.8. The third kappa shape index (κ3) is 3.30. The minimum absolute atomic E-state index is 0.210. The number of nitrogens with one attached hydrogen (secondary N) is 2. The molecule has 0 atom stereocenters. The zero-order valence-corrected chi connectivity index (χ0v) is 17.7. The first-order valence-corrected chi connectivity index (χ1v) is 10.6. The van der Waals surface area contributed by atoms with Crippen LogP contribution in [0.2, 0.25) is 10.0 Å². The van der Waals surface area contributed by atoms with Gasteiger partial charge in [-0.3, -0.25) is 4.72 Å². The van der Waals surface area contributed by atoms with Crippen molar-refractivity contribution < 1.29 is 21.7 Å². The van der Waals surface area contributed by atoms with Crippen molar-refractivity contribution in [3.63, 3.8) is 0 Å². The van der Waals surface area contributed by atoms with Gasteiger partial charge < -0.3 is 9.51 Å². The number of aromatic amines is 1. The lowest BCUT2D eigenvalue weighted by Gasteiger charge is -2.09. The number of aryl methyl sites for hydroxylation is 2. The molecule has 1 aromatic carbocycles. The van der Waals surface area contributed by atoms with E-state index in [2.05, 4.69) is 15.1 Å². The van der Waals surface area contributed by atoms with Gasteiger partial charge in [-0.25, -0.2) is 12.8 Å². The van der Waals surface area contributed by atoms with Crippen molar-refractivity contribution in [1.29, 1.82) is 0 Å². The topological polar surface area (TPSA) is 101 Å². The fourth-order valence-corrected chi connectivity index (χ4v) is 4.72. The van der Waals surface area contributed by atoms with Gasteiger partial charge in [0, 0.05) is 23.2 Å². The molecule has 0 aliphatic carbocycles. The second-order valence-corrected chi connectivity index (χ2v) is 8.86. The van der Waals surface area contributed by atoms with Crippen molar-refractivity contribution in [1.82, 2.24) is 15.1 Å². The van der Waals surface area contributed by atoms with Crippen molar-refractivity contribution in [2.75, 3.05) is 4.72 Å². The average Bonchev–Trinajstić information content (AvgIpc) is 3.24. The highest BCUT2D eigenvalue weighted by Gasteiger charge is 2.26. The molecule has 30 heavy (non-hydrogen) atoms. The molecular weight excluding hydrogens is 461 g/mol. The van der Waals surface area contributed by atoms with E-state index in [4.69, 9.17) is 27.7 Å². The van der Waals surface area contributed by atoms with Crippen molar-refractivity contribution in [2.24, 2.45) is 0 Å². The van der Waals surface area contributed by atoms with E-state index in [-0.39, 0.29) is 10.3 Å². The van der Waals surface area contributed by atoms with Gasteiger partial charge in [0.25, 0.3) is 10.0 Å². The predicted molar refractivity (Wildman–Crippen MR) is 108 cm³/mol. The number of fused-ring (bicyclic) bond motifs is 1. The molecule has 7 nitrogen and oxygen atoms in total. The standard InChI is InChI=1S/C18H12Cl2F2N4O3S/c1-7-14(8(2)29-25-7)15-10(19)4-3-9-13(6-23-16(9)15)30(27,28)26-18-12(21)5-11(20)17(22)24-18/h3-6,23H,1-2H3,(H,24,26). The number of hydrogen-bond donors (Lipinski definition) is 2. The van der Waals surface area contributed by atoms with E-state index in [1.807, 2.05) is 4.72 Å². The highest BCUT2D eigenvalue weighted by Crippen LogP contribution is 2.40. The second kappa shape index (κ2) is 7.22. The number of hydrogen-bond acceptors (Lipinski definition) is 5. The van der Waals surface area contributed by atoms with Crippen LogP contribution >= 0.6 is 23.2 Å². The number of H-pyrrole nitrogens is 1. The van der Waals surface area contributed by atoms with Gasteiger partial charge >= 0.3 is 0 Å². The number of halogens is 4. The first-order valence-electron chi connectivity index (χ1n) is 8.37. The van der Waals surface area contributed by atoms with Crippen LogP contribution < -0.4 is 4.72 Å². The van der Waals surface area contributed by atoms with Crippen LogP contribution in [0.1, 0.15) is 11.5 Å². The Balaban J connectivity index is 1.87. The summed E-state index contributed by atoms with van der Waals surface area (Å²) < 4.78 is 60.5. The molecule has 4 aromatic rings. The van der Waals surface area contributed by atoms with Crippen molar-refractivity contribution >= 4 is 49.9 Å². The van der Waals surface area contributed by atoms with Crippen LogP contribution in [0.4, 0.5) is 14.6 Å². The summed E-state index contributed by atoms with van der Waals surface area (Å²) in [6.07, 6.45) is 1.22. The van der Waals surface area contributed by atoms with Gasteiger partial charge in [0.05, 0.1) is 26.8 Å². The van der Waals surface area contributed by atoms with E-state index in [1.54, 1.807) is 13.8 Å². The monoisotopic (exact) mass is 472 g/mol. The lowest BCUT2D eigenvalue weighted by molar-refractivity contribution is 0.393. The van der Waals surface area contributed by atoms with Crippen LogP contribution in [0.5, 0.6) is 0 Å². The lowest BCUT2D eigenvalue weighted by atomic mass is 10.0. The van der Waals surface area contributed by atoms with Crippen molar-refractivity contribution in [2.45, 2.75) is 18.7 Å². The summed E-state index contributed by atoms with van der Waals surface area (Å²) in [6, 6.07) is 3.65. The summed E-state index contributed by atoms with van der Waals surface area (Å²) in [5.41, 5.74) is 2.11. The molecule has 3 aromatic heterocycles. The Morgan fingerprint density at radius 2 is 1.87 bits per heavy atom. The highest BCUT2D eigenvalue weighted by molar-refractivity contribution is 7.93. The molecule has 156 valence electrons. The molecule has 0 bridgehead atoms. The minimum atomic E-state index is -4.34. The fourth-order valence-electron chi connectivity index (χ4n) is 3.15. The lowest BCUT2D eigenvalue weighted by Crippen LogP contribution is -2.15. The number of sulfonamides is 1. The van der Waals surface area contributed by atoms with E-state index >= 15 is 0 Å². The Bertz CT molecular complexity index is 1400. The van der Waals surface area contributed by atoms with Crippen molar-refractivity contribution in [3.05, 3.63) is 57.7 Å². The Labute approximate surface area is 179 Å². The Morgan fingerprint density at radius 1 is 1.13 bits per heavy atom. The molecule has 0 aliphatic heterocycles. The molecule has 0 saturated heterocycles. The summed E-state index contributed by atoms with van der Waals surface area (Å²) in [5, 5.41) is 3.96. The number of aromatic nitrogens is 3. The molecule has 0 radical (unpaired) electrons. The van der Waals surface area contributed by atoms with Crippen LogP contribution in [-0.4, -0.2) is 23.5 Å². The summed E-state index contributed by atoms with van der Waals surface area (Å²) in [4.78, 5) is 5.90. The Hall–Kier alpha value is -2.69. The SMILES string of the molecule is Cc1noc(C)c1-c1c(Cl)ccc2c(S(=O)(=O)Nc3nc(F)c(Cl)cc3F)c[nH]c12. The molecule has 0 aliphatic rings. The normalized spacial score (nSPS) is 11.9. The van der Waals surface area contributed by atoms with Crippen LogP contribution in [0.3, 0.4) is 0 Å². The zero-order chi connectivity index (χ0) is 21.8. The summed E-state index contributed by atoms with van der Waals surface area (Å²) in [6.45, 7) is 3.43. The maximum Gasteiger partial charge on any atom is 0.265 e. The third-order valence-corrected chi connectivity index (χ3v) is 6.42. The van der Waals surface area contributed by atoms with Gasteiger partial charge in [-0.2, -0.15) is 9.37 Å². The maximum atomic E-state index is 14.0. The van der Waals surface area contributed by atoms with E-state index in [1.165, 1.54) is 18.3 Å². The zero-order valence-electron chi connectivity index (χ0n) is 15.3. The number of anilines is 1. The number of benzene rings is 1. The Morgan fingerprint density at radius 3 is 2.53 bits per heavy atom. The summed E-state index contributed by atoms with van der Waals surface area (Å²) in [5.74, 6) is -2.64. The minimum Gasteiger partial charge on any atom is -0.361 e. The molecule has 0 fully saturated rings. The van der Waals surface area contributed by atoms with Crippen LogP contribution in [-0.2, 0) is 10.0 Å². The van der Waals surface area contributed by atoms with E-state index < -0.39 is 32.6 Å². The molecular formula is C18H12Cl2F2N4O3S. The highest BCUT2D eigenvalue weighted by atomic mass is 35.5. The van der Waals surface area contributed by atoms with E-state index in [9.17, 15) is 17.2 Å². The first-order chi connectivity index (χ1) is 14.1. The van der Waals surface area contributed by atoms with Crippen LogP contribution in [0, 0.1) is 25.6 Å². The molecule has 2 N–H and O–H groups in total. The van der Waals surface area contributed by atoms with Gasteiger partial charge in [0.15, 0.2) is 11.6 Å². The molecule has 0 unspecified atom stereocenters. The largest absolute Gasteiger partial charge is 0.361 e. The van der Waals surface area contributed by atoms with Gasteiger partial charge in [0.2, 0.25) is 5.95 Å². The Kier molecular flexibility index (Phi) is 4.95. The van der Waals surface area contributed by atoms with E-state index in [0.29, 0.717) is 39.2 Å². The van der Waals surface area contributed by atoms with Gasteiger partial charge in [-0.1, -0.05) is 28.4 Å². The average molecular weight is 473 g/mol. The number of nitrogens with zero attached hydrogens (tertiary/aromatic N) is 2. The molecule has 0 amide bonds. The first kappa shape index (κ1) is 20.6. The van der Waals surface area contributed by atoms with E-state index in [0.717, 1.165) is 0 Å². The molecule has 12 heteroatoms. The molecule has 0 spiro atoms. The van der Waals surface area contributed by atoms with Crippen LogP contribution in [0.25, 0.3) is 22.0 Å². The fraction of sp³-hybridized carbons (Fsp3) is 0.111. The van der Waals surface area contributed by atoms with Crippen LogP contribution in [0.15, 0.2) is 33.8 Å². The second-order valence-electron chi connectivity index (χ2n) is 6.39.